The molecule has 0 unspecified atom stereocenters. The third-order valence-corrected chi connectivity index (χ3v) is 5.94. The summed E-state index contributed by atoms with van der Waals surface area (Å²) < 4.78 is 15.0. The Labute approximate surface area is 212 Å². The molecule has 0 aliphatic heterocycles. The van der Waals surface area contributed by atoms with E-state index in [-0.39, 0.29) is 29.5 Å². The van der Waals surface area contributed by atoms with Crippen molar-refractivity contribution in [3.8, 4) is 10.4 Å². The maximum Gasteiger partial charge on any atom is 0.340 e. The second-order valence-electron chi connectivity index (χ2n) is 7.03. The van der Waals surface area contributed by atoms with Crippen LogP contribution in [-0.4, -0.2) is 43.3 Å². The van der Waals surface area contributed by atoms with Gasteiger partial charge in [-0.05, 0) is 55.9 Å². The monoisotopic (exact) mass is 512 g/mol. The number of nitrogens with one attached hydrogen (secondary N) is 2. The van der Waals surface area contributed by atoms with E-state index in [2.05, 4.69) is 10.6 Å². The van der Waals surface area contributed by atoms with Gasteiger partial charge < -0.3 is 24.8 Å². The van der Waals surface area contributed by atoms with E-state index in [1.165, 1.54) is 36.6 Å². The van der Waals surface area contributed by atoms with Gasteiger partial charge in [-0.2, -0.15) is 0 Å². The van der Waals surface area contributed by atoms with Crippen LogP contribution in [0.15, 0.2) is 54.6 Å². The van der Waals surface area contributed by atoms with Gasteiger partial charge in [0.1, 0.15) is 5.00 Å². The molecule has 2 N–H and O–H groups in total. The lowest BCUT2D eigenvalue weighted by molar-refractivity contribution is 0.0523. The van der Waals surface area contributed by atoms with Crippen LogP contribution in [0.4, 0.5) is 10.7 Å². The molecule has 0 saturated heterocycles. The summed E-state index contributed by atoms with van der Waals surface area (Å²) in [5, 5.41) is 6.61. The number of benzene rings is 2. The van der Waals surface area contributed by atoms with Crippen LogP contribution in [-0.2, 0) is 14.2 Å². The van der Waals surface area contributed by atoms with Crippen LogP contribution in [0.2, 0.25) is 0 Å². The van der Waals surface area contributed by atoms with E-state index < -0.39 is 17.9 Å². The fraction of sp³-hybridized carbons (Fsp3) is 0.200. The SMILES string of the molecule is CCOC(=O)c1cc(NC(=S)Nc2sc(-c3ccccc3)cc2C(=O)OC)cc(C(=O)OCC)c1. The molecule has 35 heavy (non-hydrogen) atoms. The lowest BCUT2D eigenvalue weighted by Crippen LogP contribution is -2.20. The first-order valence-corrected chi connectivity index (χ1v) is 11.9. The average molecular weight is 513 g/mol. The number of carbonyl (C=O) groups excluding carboxylic acids is 3. The van der Waals surface area contributed by atoms with Gasteiger partial charge in [-0.15, -0.1) is 11.3 Å². The Morgan fingerprint density at radius 3 is 2.00 bits per heavy atom. The molecule has 0 atom stereocenters. The third-order valence-electron chi connectivity index (χ3n) is 4.64. The van der Waals surface area contributed by atoms with Crippen molar-refractivity contribution >= 4 is 57.3 Å². The van der Waals surface area contributed by atoms with Crippen molar-refractivity contribution in [2.24, 2.45) is 0 Å². The van der Waals surface area contributed by atoms with Gasteiger partial charge in [-0.25, -0.2) is 14.4 Å². The Balaban J connectivity index is 1.88. The van der Waals surface area contributed by atoms with Gasteiger partial charge in [-0.1, -0.05) is 30.3 Å². The predicted octanol–water partition coefficient (Wildman–Crippen LogP) is 5.36. The number of hydrogen-bond donors (Lipinski definition) is 2. The van der Waals surface area contributed by atoms with Crippen molar-refractivity contribution in [1.29, 1.82) is 0 Å². The highest BCUT2D eigenvalue weighted by atomic mass is 32.1. The highest BCUT2D eigenvalue weighted by Gasteiger charge is 2.19. The number of methoxy groups -OCH3 is 1. The molecule has 0 radical (unpaired) electrons. The maximum absolute atomic E-state index is 12.4. The lowest BCUT2D eigenvalue weighted by Gasteiger charge is -2.13. The van der Waals surface area contributed by atoms with Gasteiger partial charge in [0.2, 0.25) is 0 Å². The molecule has 0 aliphatic carbocycles. The molecule has 0 amide bonds. The number of esters is 3. The molecule has 1 aromatic heterocycles. The molecule has 0 aliphatic rings. The van der Waals surface area contributed by atoms with Crippen LogP contribution in [0, 0.1) is 0 Å². The fourth-order valence-electron chi connectivity index (χ4n) is 3.12. The second-order valence-corrected chi connectivity index (χ2v) is 8.49. The van der Waals surface area contributed by atoms with Crippen LogP contribution < -0.4 is 10.6 Å². The van der Waals surface area contributed by atoms with Gasteiger partial charge in [0.25, 0.3) is 0 Å². The molecule has 0 bridgehead atoms. The molecule has 3 aromatic rings. The Hall–Kier alpha value is -3.76. The zero-order chi connectivity index (χ0) is 25.4. The van der Waals surface area contributed by atoms with Gasteiger partial charge in [0, 0.05) is 10.6 Å². The average Bonchev–Trinajstić information content (AvgIpc) is 3.27. The number of thiophene rings is 1. The van der Waals surface area contributed by atoms with Crippen LogP contribution in [0.5, 0.6) is 0 Å². The van der Waals surface area contributed by atoms with Crippen molar-refractivity contribution < 1.29 is 28.6 Å². The summed E-state index contributed by atoms with van der Waals surface area (Å²) in [6.07, 6.45) is 0. The first-order valence-electron chi connectivity index (χ1n) is 10.7. The number of hydrogen-bond acceptors (Lipinski definition) is 8. The highest BCUT2D eigenvalue weighted by Crippen LogP contribution is 2.36. The van der Waals surface area contributed by atoms with E-state index in [4.69, 9.17) is 26.4 Å². The molecule has 1 heterocycles. The molecule has 182 valence electrons. The van der Waals surface area contributed by atoms with Crippen molar-refractivity contribution in [2.45, 2.75) is 13.8 Å². The standard InChI is InChI=1S/C25H24N2O6S2/c1-4-32-22(28)16-11-17(23(29)33-5-2)13-18(12-16)26-25(34)27-21-19(24(30)31-3)14-20(35-21)15-9-7-6-8-10-15/h6-14H,4-5H2,1-3H3,(H2,26,27,34). The normalized spacial score (nSPS) is 10.3. The zero-order valence-corrected chi connectivity index (χ0v) is 21.0. The van der Waals surface area contributed by atoms with Crippen molar-refractivity contribution in [1.82, 2.24) is 0 Å². The third kappa shape index (κ3) is 6.65. The summed E-state index contributed by atoms with van der Waals surface area (Å²) >= 11 is 6.78. The second kappa shape index (κ2) is 12.1. The summed E-state index contributed by atoms with van der Waals surface area (Å²) in [6, 6.07) is 15.8. The van der Waals surface area contributed by atoms with Crippen molar-refractivity contribution in [3.63, 3.8) is 0 Å². The molecule has 3 rings (SSSR count). The smallest absolute Gasteiger partial charge is 0.340 e. The molecule has 0 spiro atoms. The number of anilines is 2. The Morgan fingerprint density at radius 1 is 0.857 bits per heavy atom. The van der Waals surface area contributed by atoms with Crippen LogP contribution in [0.3, 0.4) is 0 Å². The number of thiocarbonyl (C=S) groups is 1. The summed E-state index contributed by atoms with van der Waals surface area (Å²) in [5.74, 6) is -1.68. The molecular formula is C25H24N2O6S2. The molecule has 0 fully saturated rings. The summed E-state index contributed by atoms with van der Waals surface area (Å²) in [7, 11) is 1.31. The summed E-state index contributed by atoms with van der Waals surface area (Å²) in [4.78, 5) is 37.8. The van der Waals surface area contributed by atoms with Gasteiger partial charge in [-0.3, -0.25) is 0 Å². The van der Waals surface area contributed by atoms with E-state index in [9.17, 15) is 14.4 Å². The first kappa shape index (κ1) is 25.9. The molecule has 8 nitrogen and oxygen atoms in total. The molecule has 10 heteroatoms. The van der Waals surface area contributed by atoms with Gasteiger partial charge in [0.15, 0.2) is 5.11 Å². The first-order chi connectivity index (χ1) is 16.9. The quantitative estimate of drug-likeness (QED) is 0.234. The van der Waals surface area contributed by atoms with E-state index in [0.29, 0.717) is 16.3 Å². The highest BCUT2D eigenvalue weighted by molar-refractivity contribution is 7.80. The Kier molecular flexibility index (Phi) is 8.93. The number of carbonyl (C=O) groups is 3. The summed E-state index contributed by atoms with van der Waals surface area (Å²) in [5.41, 5.74) is 1.97. The van der Waals surface area contributed by atoms with Crippen LogP contribution >= 0.6 is 23.6 Å². The topological polar surface area (TPSA) is 103 Å². The minimum atomic E-state index is -0.584. The zero-order valence-electron chi connectivity index (χ0n) is 19.4. The number of rotatable bonds is 8. The fourth-order valence-corrected chi connectivity index (χ4v) is 4.46. The minimum absolute atomic E-state index is 0.146. The minimum Gasteiger partial charge on any atom is -0.465 e. The van der Waals surface area contributed by atoms with Crippen molar-refractivity contribution in [3.05, 3.63) is 71.3 Å². The largest absolute Gasteiger partial charge is 0.465 e. The Bertz CT molecular complexity index is 1200. The number of ether oxygens (including phenoxy) is 3. The van der Waals surface area contributed by atoms with Crippen molar-refractivity contribution in [2.75, 3.05) is 31.0 Å². The van der Waals surface area contributed by atoms with Crippen LogP contribution in [0.25, 0.3) is 10.4 Å². The lowest BCUT2D eigenvalue weighted by atomic mass is 10.1. The Morgan fingerprint density at radius 2 is 1.46 bits per heavy atom. The van der Waals surface area contributed by atoms with E-state index in [0.717, 1.165) is 10.4 Å². The summed E-state index contributed by atoms with van der Waals surface area (Å²) in [6.45, 7) is 3.75. The maximum atomic E-state index is 12.4. The van der Waals surface area contributed by atoms with E-state index >= 15 is 0 Å². The predicted molar refractivity (Wildman–Crippen MR) is 139 cm³/mol. The van der Waals surface area contributed by atoms with E-state index in [1.807, 2.05) is 30.3 Å². The van der Waals surface area contributed by atoms with E-state index in [1.54, 1.807) is 19.9 Å². The molecule has 0 saturated carbocycles. The molecular weight excluding hydrogens is 488 g/mol. The van der Waals surface area contributed by atoms with Crippen LogP contribution in [0.1, 0.15) is 44.9 Å². The molecule has 2 aromatic carbocycles. The van der Waals surface area contributed by atoms with Gasteiger partial charge in [0.05, 0.1) is 37.0 Å². The van der Waals surface area contributed by atoms with Gasteiger partial charge >= 0.3 is 17.9 Å².